The number of carbonyl (C=O) groups is 1. The maximum atomic E-state index is 12.7. The number of hydrogen-bond donors (Lipinski definition) is 1. The van der Waals surface area contributed by atoms with Gasteiger partial charge in [0.05, 0.1) is 27.4 Å². The van der Waals surface area contributed by atoms with Gasteiger partial charge in [0.1, 0.15) is 5.75 Å². The Bertz CT molecular complexity index is 879. The number of fused-ring (bicyclic) bond motifs is 2. The summed E-state index contributed by atoms with van der Waals surface area (Å²) in [4.78, 5) is 12.7. The number of hydrogen-bond acceptors (Lipinski definition) is 7. The Balaban J connectivity index is 1.75. The molecule has 4 rings (SSSR count). The molecule has 0 amide bonds. The lowest BCUT2D eigenvalue weighted by molar-refractivity contribution is 0.0971. The maximum Gasteiger partial charge on any atom is 0.231 e. The van der Waals surface area contributed by atoms with Crippen molar-refractivity contribution in [1.29, 1.82) is 0 Å². The highest BCUT2D eigenvalue weighted by atomic mass is 16.7. The van der Waals surface area contributed by atoms with Crippen LogP contribution in [0.5, 0.6) is 28.7 Å². The summed E-state index contributed by atoms with van der Waals surface area (Å²) in [6.45, 7) is 0.166. The molecule has 1 N–H and O–H groups in total. The molecule has 2 aromatic carbocycles. The van der Waals surface area contributed by atoms with E-state index in [9.17, 15) is 4.79 Å². The van der Waals surface area contributed by atoms with Gasteiger partial charge in [0.15, 0.2) is 28.8 Å². The predicted molar refractivity (Wildman–Crippen MR) is 94.0 cm³/mol. The molecule has 0 aromatic heterocycles. The van der Waals surface area contributed by atoms with Crippen LogP contribution in [0, 0.1) is 0 Å². The highest BCUT2D eigenvalue weighted by molar-refractivity contribution is 6.04. The van der Waals surface area contributed by atoms with E-state index in [1.54, 1.807) is 39.5 Å². The number of benzene rings is 2. The molecule has 26 heavy (non-hydrogen) atoms. The van der Waals surface area contributed by atoms with E-state index in [1.165, 1.54) is 0 Å². The fourth-order valence-corrected chi connectivity index (χ4v) is 3.34. The Morgan fingerprint density at radius 3 is 2.27 bits per heavy atom. The lowest BCUT2D eigenvalue weighted by atomic mass is 9.91. The number of anilines is 1. The zero-order valence-corrected chi connectivity index (χ0v) is 14.8. The third-order valence-electron chi connectivity index (χ3n) is 4.64. The van der Waals surface area contributed by atoms with Crippen molar-refractivity contribution in [2.24, 2.45) is 0 Å². The summed E-state index contributed by atoms with van der Waals surface area (Å²) in [7, 11) is 4.73. The molecule has 0 radical (unpaired) electrons. The van der Waals surface area contributed by atoms with Gasteiger partial charge in [0, 0.05) is 35.4 Å². The van der Waals surface area contributed by atoms with Crippen LogP contribution in [0.2, 0.25) is 0 Å². The van der Waals surface area contributed by atoms with Crippen molar-refractivity contribution in [3.63, 3.8) is 0 Å². The summed E-state index contributed by atoms with van der Waals surface area (Å²) in [5.41, 5.74) is 2.14. The first-order valence-electron chi connectivity index (χ1n) is 8.18. The number of methoxy groups -OCH3 is 3. The van der Waals surface area contributed by atoms with Gasteiger partial charge in [-0.3, -0.25) is 4.79 Å². The molecule has 2 aliphatic rings. The predicted octanol–water partition coefficient (Wildman–Crippen LogP) is 3.18. The average molecular weight is 357 g/mol. The van der Waals surface area contributed by atoms with Crippen LogP contribution in [0.25, 0.3) is 0 Å². The van der Waals surface area contributed by atoms with Crippen LogP contribution in [0.1, 0.15) is 28.4 Å². The quantitative estimate of drug-likeness (QED) is 0.901. The van der Waals surface area contributed by atoms with Crippen molar-refractivity contribution in [2.45, 2.75) is 12.5 Å². The summed E-state index contributed by atoms with van der Waals surface area (Å²) >= 11 is 0. The largest absolute Gasteiger partial charge is 0.496 e. The second kappa shape index (κ2) is 6.33. The summed E-state index contributed by atoms with van der Waals surface area (Å²) in [6.07, 6.45) is 0.290. The fourth-order valence-electron chi connectivity index (χ4n) is 3.34. The smallest absolute Gasteiger partial charge is 0.231 e. The van der Waals surface area contributed by atoms with Crippen molar-refractivity contribution in [1.82, 2.24) is 0 Å². The summed E-state index contributed by atoms with van der Waals surface area (Å²) in [5, 5.41) is 3.40. The lowest BCUT2D eigenvalue weighted by Gasteiger charge is -2.28. The first-order chi connectivity index (χ1) is 12.6. The highest BCUT2D eigenvalue weighted by Crippen LogP contribution is 2.45. The van der Waals surface area contributed by atoms with Crippen molar-refractivity contribution in [2.75, 3.05) is 33.4 Å². The number of rotatable bonds is 4. The van der Waals surface area contributed by atoms with Crippen molar-refractivity contribution in [3.8, 4) is 28.7 Å². The molecule has 0 spiro atoms. The molecule has 2 aliphatic heterocycles. The van der Waals surface area contributed by atoms with E-state index in [1.807, 2.05) is 6.07 Å². The van der Waals surface area contributed by atoms with Gasteiger partial charge in [-0.2, -0.15) is 0 Å². The second-order valence-corrected chi connectivity index (χ2v) is 6.02. The molecule has 2 heterocycles. The van der Waals surface area contributed by atoms with E-state index in [2.05, 4.69) is 5.32 Å². The van der Waals surface area contributed by atoms with E-state index in [4.69, 9.17) is 23.7 Å². The van der Waals surface area contributed by atoms with Crippen molar-refractivity contribution in [3.05, 3.63) is 35.4 Å². The molecule has 136 valence electrons. The Labute approximate surface area is 150 Å². The summed E-state index contributed by atoms with van der Waals surface area (Å²) in [6, 6.07) is 6.87. The third kappa shape index (κ3) is 2.56. The lowest BCUT2D eigenvalue weighted by Crippen LogP contribution is -2.23. The zero-order valence-electron chi connectivity index (χ0n) is 14.8. The summed E-state index contributed by atoms with van der Waals surface area (Å²) < 4.78 is 27.0. The van der Waals surface area contributed by atoms with E-state index in [0.717, 1.165) is 5.56 Å². The first kappa shape index (κ1) is 16.4. The zero-order chi connectivity index (χ0) is 18.3. The fraction of sp³-hybridized carbons (Fsp3) is 0.316. The van der Waals surface area contributed by atoms with Crippen LogP contribution < -0.4 is 29.0 Å². The van der Waals surface area contributed by atoms with Crippen LogP contribution in [-0.2, 0) is 0 Å². The number of carbonyl (C=O) groups excluding carboxylic acids is 1. The molecule has 0 unspecified atom stereocenters. The first-order valence-corrected chi connectivity index (χ1v) is 8.18. The van der Waals surface area contributed by atoms with Gasteiger partial charge in [0.2, 0.25) is 6.79 Å². The average Bonchev–Trinajstić information content (AvgIpc) is 3.12. The van der Waals surface area contributed by atoms with Gasteiger partial charge in [-0.05, 0) is 12.1 Å². The van der Waals surface area contributed by atoms with Gasteiger partial charge >= 0.3 is 0 Å². The topological polar surface area (TPSA) is 75.3 Å². The van der Waals surface area contributed by atoms with Gasteiger partial charge in [-0.1, -0.05) is 0 Å². The Hall–Kier alpha value is -3.09. The molecular weight excluding hydrogens is 338 g/mol. The van der Waals surface area contributed by atoms with E-state index in [0.29, 0.717) is 46.4 Å². The summed E-state index contributed by atoms with van der Waals surface area (Å²) in [5.74, 6) is 3.02. The Morgan fingerprint density at radius 1 is 0.923 bits per heavy atom. The highest BCUT2D eigenvalue weighted by Gasteiger charge is 2.31. The minimum atomic E-state index is -0.259. The van der Waals surface area contributed by atoms with Gasteiger partial charge in [-0.15, -0.1) is 0 Å². The normalized spacial score (nSPS) is 17.3. The van der Waals surface area contributed by atoms with E-state index < -0.39 is 0 Å². The van der Waals surface area contributed by atoms with Crippen LogP contribution in [0.3, 0.4) is 0 Å². The number of Topliss-reactive ketones (excluding diaryl/α,β-unsaturated/α-hetero) is 1. The third-order valence-corrected chi connectivity index (χ3v) is 4.64. The molecule has 0 bridgehead atoms. The SMILES string of the molecule is COc1cc(OC)c([C@H]2CC(=O)c3cc4c(cc3N2)OCO4)cc1OC. The maximum absolute atomic E-state index is 12.7. The van der Waals surface area contributed by atoms with E-state index in [-0.39, 0.29) is 18.6 Å². The minimum Gasteiger partial charge on any atom is -0.496 e. The Kier molecular flexibility index (Phi) is 3.99. The molecule has 7 heteroatoms. The van der Waals surface area contributed by atoms with Crippen molar-refractivity contribution >= 4 is 11.5 Å². The second-order valence-electron chi connectivity index (χ2n) is 6.02. The van der Waals surface area contributed by atoms with Gasteiger partial charge in [-0.25, -0.2) is 0 Å². The molecule has 0 saturated heterocycles. The molecule has 0 fully saturated rings. The standard InChI is InChI=1S/C19H19NO6/c1-22-15-8-17(24-3)16(23-2)5-11(15)12-6-14(21)10-4-18-19(26-9-25-18)7-13(10)20-12/h4-5,7-8,12,20H,6,9H2,1-3H3/t12-/m1/s1. The Morgan fingerprint density at radius 2 is 1.58 bits per heavy atom. The van der Waals surface area contributed by atoms with Gasteiger partial charge in [0.25, 0.3) is 0 Å². The van der Waals surface area contributed by atoms with Crippen LogP contribution in [-0.4, -0.2) is 33.9 Å². The van der Waals surface area contributed by atoms with Crippen molar-refractivity contribution < 1.29 is 28.5 Å². The molecule has 0 saturated carbocycles. The van der Waals surface area contributed by atoms with E-state index >= 15 is 0 Å². The molecule has 7 nitrogen and oxygen atoms in total. The molecule has 1 atom stereocenters. The van der Waals surface area contributed by atoms with Gasteiger partial charge < -0.3 is 29.0 Å². The van der Waals surface area contributed by atoms with Crippen LogP contribution in [0.4, 0.5) is 5.69 Å². The molecule has 2 aromatic rings. The molecular formula is C19H19NO6. The van der Waals surface area contributed by atoms with Crippen LogP contribution >= 0.6 is 0 Å². The molecule has 0 aliphatic carbocycles. The number of nitrogens with one attached hydrogen (secondary N) is 1. The van der Waals surface area contributed by atoms with Crippen LogP contribution in [0.15, 0.2) is 24.3 Å². The monoisotopic (exact) mass is 357 g/mol. The number of ether oxygens (including phenoxy) is 5. The number of ketones is 1. The minimum absolute atomic E-state index is 0.0267.